The standard InChI is InChI=1S/C34H33N3O4/c1-21-16-22(2)33(23(3)17-21)35-32(38)20-40-30-15-14-25(18-31(30)39-4)34-37-28(26-12-8-9-13-29(26)41-34)19-27(36-37)24-10-6-5-7-11-24/h5-18,28,34H,19-20H2,1-4H3,(H,35,38)/t28-,34-/m1/s1. The number of hydrogen-bond donors (Lipinski definition) is 1. The Bertz CT molecular complexity index is 1610. The molecule has 2 atom stereocenters. The first-order valence-electron chi connectivity index (χ1n) is 13.8. The summed E-state index contributed by atoms with van der Waals surface area (Å²) in [6, 6.07) is 28.2. The number of carbonyl (C=O) groups excluding carboxylic acids is 1. The molecule has 41 heavy (non-hydrogen) atoms. The number of methoxy groups -OCH3 is 1. The normalized spacial score (nSPS) is 17.2. The van der Waals surface area contributed by atoms with Crippen molar-refractivity contribution in [3.8, 4) is 17.2 Å². The zero-order valence-electron chi connectivity index (χ0n) is 23.7. The van der Waals surface area contributed by atoms with Gasteiger partial charge in [-0.3, -0.25) is 4.79 Å². The maximum atomic E-state index is 12.8. The molecular formula is C34H33N3O4. The van der Waals surface area contributed by atoms with Crippen LogP contribution in [-0.4, -0.2) is 30.3 Å². The second-order valence-electron chi connectivity index (χ2n) is 10.5. The van der Waals surface area contributed by atoms with Gasteiger partial charge < -0.3 is 19.5 Å². The number of para-hydroxylation sites is 1. The molecule has 0 unspecified atom stereocenters. The molecule has 0 spiro atoms. The molecule has 0 aliphatic carbocycles. The molecule has 0 saturated carbocycles. The van der Waals surface area contributed by atoms with E-state index in [1.165, 1.54) is 0 Å². The first kappa shape index (κ1) is 26.4. The summed E-state index contributed by atoms with van der Waals surface area (Å²) in [4.78, 5) is 12.8. The summed E-state index contributed by atoms with van der Waals surface area (Å²) < 4.78 is 18.1. The topological polar surface area (TPSA) is 72.4 Å². The van der Waals surface area contributed by atoms with E-state index in [-0.39, 0.29) is 18.6 Å². The quantitative estimate of drug-likeness (QED) is 0.273. The van der Waals surface area contributed by atoms with Crippen LogP contribution in [0.2, 0.25) is 0 Å². The first-order chi connectivity index (χ1) is 19.9. The van der Waals surface area contributed by atoms with Crippen LogP contribution >= 0.6 is 0 Å². The van der Waals surface area contributed by atoms with E-state index in [4.69, 9.17) is 19.3 Å². The number of fused-ring (bicyclic) bond motifs is 3. The van der Waals surface area contributed by atoms with Crippen LogP contribution < -0.4 is 19.5 Å². The third kappa shape index (κ3) is 5.23. The average Bonchev–Trinajstić information content (AvgIpc) is 3.44. The molecule has 7 nitrogen and oxygen atoms in total. The fraction of sp³-hybridized carbons (Fsp3) is 0.235. The summed E-state index contributed by atoms with van der Waals surface area (Å²) >= 11 is 0. The summed E-state index contributed by atoms with van der Waals surface area (Å²) in [6.07, 6.45) is 0.337. The van der Waals surface area contributed by atoms with Gasteiger partial charge >= 0.3 is 0 Å². The van der Waals surface area contributed by atoms with Crippen LogP contribution in [0.4, 0.5) is 5.69 Å². The zero-order valence-corrected chi connectivity index (χ0v) is 23.7. The largest absolute Gasteiger partial charge is 0.493 e. The van der Waals surface area contributed by atoms with E-state index in [9.17, 15) is 4.79 Å². The third-order valence-electron chi connectivity index (χ3n) is 7.58. The Balaban J connectivity index is 1.23. The van der Waals surface area contributed by atoms with Crippen LogP contribution in [0, 0.1) is 20.8 Å². The number of ether oxygens (including phenoxy) is 3. The molecule has 1 amide bonds. The molecule has 1 N–H and O–H groups in total. The van der Waals surface area contributed by atoms with Crippen molar-refractivity contribution in [3.05, 3.63) is 118 Å². The fourth-order valence-electron chi connectivity index (χ4n) is 5.71. The number of nitrogens with one attached hydrogen (secondary N) is 1. The molecular weight excluding hydrogens is 514 g/mol. The number of aryl methyl sites for hydroxylation is 3. The highest BCUT2D eigenvalue weighted by Gasteiger charge is 2.41. The van der Waals surface area contributed by atoms with Crippen LogP contribution in [0.1, 0.15) is 52.1 Å². The van der Waals surface area contributed by atoms with Crippen molar-refractivity contribution in [3.63, 3.8) is 0 Å². The predicted molar refractivity (Wildman–Crippen MR) is 160 cm³/mol. The van der Waals surface area contributed by atoms with Crippen molar-refractivity contribution in [2.24, 2.45) is 5.10 Å². The van der Waals surface area contributed by atoms with Crippen molar-refractivity contribution in [2.45, 2.75) is 39.5 Å². The second kappa shape index (κ2) is 11.0. The van der Waals surface area contributed by atoms with E-state index in [2.05, 4.69) is 35.6 Å². The van der Waals surface area contributed by atoms with Gasteiger partial charge in [-0.1, -0.05) is 66.2 Å². The van der Waals surface area contributed by atoms with E-state index >= 15 is 0 Å². The third-order valence-corrected chi connectivity index (χ3v) is 7.58. The maximum Gasteiger partial charge on any atom is 0.262 e. The van der Waals surface area contributed by atoms with Crippen LogP contribution in [-0.2, 0) is 4.79 Å². The van der Waals surface area contributed by atoms with Crippen molar-refractivity contribution in [1.29, 1.82) is 0 Å². The number of anilines is 1. The first-order valence-corrected chi connectivity index (χ1v) is 13.8. The fourth-order valence-corrected chi connectivity index (χ4v) is 5.71. The number of nitrogens with zero attached hydrogens (tertiary/aromatic N) is 2. The monoisotopic (exact) mass is 547 g/mol. The van der Waals surface area contributed by atoms with Gasteiger partial charge in [0.15, 0.2) is 18.1 Å². The zero-order chi connectivity index (χ0) is 28.5. The Morgan fingerprint density at radius 2 is 1.68 bits per heavy atom. The van der Waals surface area contributed by atoms with Crippen LogP contribution in [0.3, 0.4) is 0 Å². The van der Waals surface area contributed by atoms with Crippen molar-refractivity contribution >= 4 is 17.3 Å². The predicted octanol–water partition coefficient (Wildman–Crippen LogP) is 6.88. The molecule has 0 bridgehead atoms. The Labute approximate surface area is 240 Å². The summed E-state index contributed by atoms with van der Waals surface area (Å²) in [6.45, 7) is 5.87. The Morgan fingerprint density at radius 1 is 0.951 bits per heavy atom. The molecule has 4 aromatic carbocycles. The van der Waals surface area contributed by atoms with Gasteiger partial charge in [-0.15, -0.1) is 0 Å². The lowest BCUT2D eigenvalue weighted by atomic mass is 9.96. The van der Waals surface area contributed by atoms with Gasteiger partial charge in [0.1, 0.15) is 5.75 Å². The van der Waals surface area contributed by atoms with E-state index < -0.39 is 6.23 Å². The average molecular weight is 548 g/mol. The lowest BCUT2D eigenvalue weighted by molar-refractivity contribution is -0.118. The minimum absolute atomic E-state index is 0.0551. The number of benzene rings is 4. The molecule has 6 rings (SSSR count). The highest BCUT2D eigenvalue weighted by atomic mass is 16.5. The number of rotatable bonds is 7. The van der Waals surface area contributed by atoms with Gasteiger partial charge in [0.2, 0.25) is 6.23 Å². The summed E-state index contributed by atoms with van der Waals surface area (Å²) in [5, 5.41) is 10.1. The van der Waals surface area contributed by atoms with Crippen molar-refractivity contribution < 1.29 is 19.0 Å². The van der Waals surface area contributed by atoms with E-state index in [0.29, 0.717) is 11.5 Å². The second-order valence-corrected chi connectivity index (χ2v) is 10.5. The molecule has 2 aliphatic heterocycles. The lowest BCUT2D eigenvalue weighted by Gasteiger charge is -2.38. The molecule has 208 valence electrons. The maximum absolute atomic E-state index is 12.8. The highest BCUT2D eigenvalue weighted by Crippen LogP contribution is 2.48. The van der Waals surface area contributed by atoms with E-state index in [1.54, 1.807) is 7.11 Å². The van der Waals surface area contributed by atoms with Crippen LogP contribution in [0.25, 0.3) is 0 Å². The summed E-state index contributed by atoms with van der Waals surface area (Å²) in [5.74, 6) is 1.61. The van der Waals surface area contributed by atoms with Crippen LogP contribution in [0.5, 0.6) is 17.2 Å². The molecule has 7 heteroatoms. The summed E-state index contributed by atoms with van der Waals surface area (Å²) in [7, 11) is 1.59. The molecule has 2 heterocycles. The SMILES string of the molecule is COc1cc([C@H]2Oc3ccccc3[C@H]3CC(c4ccccc4)=NN32)ccc1OCC(=O)Nc1c(C)cc(C)cc1C. The van der Waals surface area contributed by atoms with Gasteiger partial charge in [-0.05, 0) is 61.7 Å². The number of amides is 1. The van der Waals surface area contributed by atoms with E-state index in [1.807, 2.05) is 80.4 Å². The number of carbonyl (C=O) groups is 1. The molecule has 4 aromatic rings. The lowest BCUT2D eigenvalue weighted by Crippen LogP contribution is -2.33. The smallest absolute Gasteiger partial charge is 0.262 e. The minimum Gasteiger partial charge on any atom is -0.493 e. The number of hydrogen-bond acceptors (Lipinski definition) is 6. The minimum atomic E-state index is -0.449. The molecule has 0 radical (unpaired) electrons. The van der Waals surface area contributed by atoms with Gasteiger partial charge in [-0.25, -0.2) is 5.01 Å². The van der Waals surface area contributed by atoms with Gasteiger partial charge in [0.25, 0.3) is 5.91 Å². The number of hydrazone groups is 1. The Morgan fingerprint density at radius 3 is 2.44 bits per heavy atom. The molecule has 0 aromatic heterocycles. The van der Waals surface area contributed by atoms with Gasteiger partial charge in [-0.2, -0.15) is 5.10 Å². The van der Waals surface area contributed by atoms with Crippen molar-refractivity contribution in [2.75, 3.05) is 19.0 Å². The van der Waals surface area contributed by atoms with E-state index in [0.717, 1.165) is 57.0 Å². The van der Waals surface area contributed by atoms with Gasteiger partial charge in [0, 0.05) is 23.2 Å². The van der Waals surface area contributed by atoms with Crippen LogP contribution in [0.15, 0.2) is 90.0 Å². The Kier molecular flexibility index (Phi) is 7.10. The summed E-state index contributed by atoms with van der Waals surface area (Å²) in [5.41, 5.74) is 8.14. The molecule has 2 aliphatic rings. The molecule has 0 fully saturated rings. The van der Waals surface area contributed by atoms with Crippen molar-refractivity contribution in [1.82, 2.24) is 5.01 Å². The Hall–Kier alpha value is -4.78. The highest BCUT2D eigenvalue weighted by molar-refractivity contribution is 6.02. The van der Waals surface area contributed by atoms with Gasteiger partial charge in [0.05, 0.1) is 18.9 Å². The molecule has 0 saturated heterocycles.